The lowest BCUT2D eigenvalue weighted by Crippen LogP contribution is -2.16. The van der Waals surface area contributed by atoms with E-state index in [4.69, 9.17) is 0 Å². The van der Waals surface area contributed by atoms with E-state index in [9.17, 15) is 0 Å². The molecule has 0 saturated heterocycles. The van der Waals surface area contributed by atoms with Crippen LogP contribution in [-0.4, -0.2) is 15.0 Å². The van der Waals surface area contributed by atoms with Crippen molar-refractivity contribution < 1.29 is 0 Å². The fourth-order valence-corrected chi connectivity index (χ4v) is 2.19. The molecule has 3 rings (SSSR count). The van der Waals surface area contributed by atoms with Gasteiger partial charge in [-0.2, -0.15) is 0 Å². The molecular formula is C12H11N3. The van der Waals surface area contributed by atoms with Gasteiger partial charge >= 0.3 is 0 Å². The molecule has 2 heterocycles. The van der Waals surface area contributed by atoms with Gasteiger partial charge in [-0.3, -0.25) is 15.0 Å². The minimum atomic E-state index is -0.0762. The van der Waals surface area contributed by atoms with E-state index in [1.165, 1.54) is 5.56 Å². The summed E-state index contributed by atoms with van der Waals surface area (Å²) in [5.74, 6) is 0. The van der Waals surface area contributed by atoms with Crippen LogP contribution >= 0.6 is 0 Å². The monoisotopic (exact) mass is 197 g/mol. The van der Waals surface area contributed by atoms with Crippen molar-refractivity contribution in [3.8, 4) is 11.4 Å². The molecule has 0 aromatic carbocycles. The molecule has 74 valence electrons. The Labute approximate surface area is 88.2 Å². The maximum absolute atomic E-state index is 4.42. The second-order valence-corrected chi connectivity index (χ2v) is 4.28. The molecule has 0 atom stereocenters. The van der Waals surface area contributed by atoms with Gasteiger partial charge in [-0.25, -0.2) is 0 Å². The first-order valence-electron chi connectivity index (χ1n) is 4.98. The zero-order valence-electron chi connectivity index (χ0n) is 8.73. The maximum atomic E-state index is 4.42. The van der Waals surface area contributed by atoms with Crippen molar-refractivity contribution >= 4 is 0 Å². The molecule has 1 aliphatic carbocycles. The third-order valence-electron chi connectivity index (χ3n) is 3.00. The summed E-state index contributed by atoms with van der Waals surface area (Å²) in [5.41, 5.74) is 4.07. The predicted octanol–water partition coefficient (Wildman–Crippen LogP) is 2.18. The van der Waals surface area contributed by atoms with Crippen molar-refractivity contribution in [3.63, 3.8) is 0 Å². The van der Waals surface area contributed by atoms with Crippen LogP contribution in [0.3, 0.4) is 0 Å². The number of hydrogen-bond donors (Lipinski definition) is 0. The molecule has 3 nitrogen and oxygen atoms in total. The number of fused-ring (bicyclic) bond motifs is 3. The largest absolute Gasteiger partial charge is 0.256 e. The first kappa shape index (κ1) is 8.53. The lowest BCUT2D eigenvalue weighted by atomic mass is 9.86. The highest BCUT2D eigenvalue weighted by molar-refractivity contribution is 5.72. The molecule has 0 radical (unpaired) electrons. The molecule has 3 heteroatoms. The van der Waals surface area contributed by atoms with E-state index in [-0.39, 0.29) is 5.41 Å². The van der Waals surface area contributed by atoms with Gasteiger partial charge in [0.1, 0.15) is 5.69 Å². The third kappa shape index (κ3) is 0.975. The molecule has 2 aromatic rings. The van der Waals surface area contributed by atoms with E-state index in [1.807, 2.05) is 6.07 Å². The van der Waals surface area contributed by atoms with Crippen LogP contribution in [0.4, 0.5) is 0 Å². The number of aromatic nitrogens is 3. The molecule has 0 spiro atoms. The standard InChI is InChI=1S/C12H11N3/c1-12(2)8-4-3-5-13-9(8)10-11(12)15-7-6-14-10/h3-7H,1-2H3. The molecule has 0 bridgehead atoms. The average Bonchev–Trinajstić information content (AvgIpc) is 2.51. The van der Waals surface area contributed by atoms with Crippen LogP contribution in [0.1, 0.15) is 25.1 Å². The number of rotatable bonds is 0. The van der Waals surface area contributed by atoms with Crippen molar-refractivity contribution in [2.45, 2.75) is 19.3 Å². The van der Waals surface area contributed by atoms with Crippen LogP contribution in [0.25, 0.3) is 11.4 Å². The summed E-state index contributed by atoms with van der Waals surface area (Å²) in [6.07, 6.45) is 5.27. The summed E-state index contributed by atoms with van der Waals surface area (Å²) in [5, 5.41) is 0. The highest BCUT2D eigenvalue weighted by atomic mass is 14.9. The number of nitrogens with zero attached hydrogens (tertiary/aromatic N) is 3. The lowest BCUT2D eigenvalue weighted by Gasteiger charge is -2.18. The highest BCUT2D eigenvalue weighted by Gasteiger charge is 2.38. The highest BCUT2D eigenvalue weighted by Crippen LogP contribution is 2.44. The molecule has 0 fully saturated rings. The Morgan fingerprint density at radius 1 is 0.933 bits per heavy atom. The quantitative estimate of drug-likeness (QED) is 0.649. The summed E-state index contributed by atoms with van der Waals surface area (Å²) in [6, 6.07) is 4.07. The van der Waals surface area contributed by atoms with Crippen LogP contribution < -0.4 is 0 Å². The maximum Gasteiger partial charge on any atom is 0.111 e. The molecule has 1 aliphatic rings. The molecule has 0 N–H and O–H groups in total. The summed E-state index contributed by atoms with van der Waals surface area (Å²) >= 11 is 0. The van der Waals surface area contributed by atoms with E-state index < -0.39 is 0 Å². The van der Waals surface area contributed by atoms with E-state index in [2.05, 4.69) is 34.9 Å². The molecule has 0 aliphatic heterocycles. The second-order valence-electron chi connectivity index (χ2n) is 4.28. The van der Waals surface area contributed by atoms with Crippen LogP contribution in [0.5, 0.6) is 0 Å². The fraction of sp³-hybridized carbons (Fsp3) is 0.250. The zero-order chi connectivity index (χ0) is 10.5. The van der Waals surface area contributed by atoms with Gasteiger partial charge in [-0.15, -0.1) is 0 Å². The molecule has 15 heavy (non-hydrogen) atoms. The van der Waals surface area contributed by atoms with E-state index >= 15 is 0 Å². The van der Waals surface area contributed by atoms with E-state index in [0.29, 0.717) is 0 Å². The Hall–Kier alpha value is -1.77. The van der Waals surface area contributed by atoms with Crippen molar-refractivity contribution in [1.82, 2.24) is 15.0 Å². The lowest BCUT2D eigenvalue weighted by molar-refractivity contribution is 0.634. The van der Waals surface area contributed by atoms with Gasteiger partial charge in [0.25, 0.3) is 0 Å². The summed E-state index contributed by atoms with van der Waals surface area (Å²) in [6.45, 7) is 4.32. The van der Waals surface area contributed by atoms with Gasteiger partial charge in [0.05, 0.1) is 11.4 Å². The van der Waals surface area contributed by atoms with Crippen molar-refractivity contribution in [2.75, 3.05) is 0 Å². The Balaban J connectivity index is 2.42. The summed E-state index contributed by atoms with van der Waals surface area (Å²) in [4.78, 5) is 13.2. The van der Waals surface area contributed by atoms with Crippen LogP contribution in [-0.2, 0) is 5.41 Å². The molecular weight excluding hydrogens is 186 g/mol. The Morgan fingerprint density at radius 3 is 2.53 bits per heavy atom. The van der Waals surface area contributed by atoms with Gasteiger partial charge in [0, 0.05) is 24.0 Å². The third-order valence-corrected chi connectivity index (χ3v) is 3.00. The van der Waals surface area contributed by atoms with Gasteiger partial charge < -0.3 is 0 Å². The van der Waals surface area contributed by atoms with E-state index in [1.54, 1.807) is 18.6 Å². The smallest absolute Gasteiger partial charge is 0.111 e. The Morgan fingerprint density at radius 2 is 1.67 bits per heavy atom. The summed E-state index contributed by atoms with van der Waals surface area (Å²) < 4.78 is 0. The Bertz CT molecular complexity index is 484. The molecule has 0 saturated carbocycles. The van der Waals surface area contributed by atoms with Crippen LogP contribution in [0.15, 0.2) is 30.7 Å². The van der Waals surface area contributed by atoms with E-state index in [0.717, 1.165) is 17.1 Å². The molecule has 2 aromatic heterocycles. The number of pyridine rings is 1. The molecule has 0 amide bonds. The zero-order valence-corrected chi connectivity index (χ0v) is 8.73. The minimum absolute atomic E-state index is 0.0762. The van der Waals surface area contributed by atoms with Gasteiger partial charge in [0.15, 0.2) is 0 Å². The first-order valence-corrected chi connectivity index (χ1v) is 4.98. The second kappa shape index (κ2) is 2.63. The minimum Gasteiger partial charge on any atom is -0.256 e. The number of hydrogen-bond acceptors (Lipinski definition) is 3. The van der Waals surface area contributed by atoms with Gasteiger partial charge in [-0.1, -0.05) is 6.07 Å². The first-order chi connectivity index (χ1) is 7.21. The summed E-state index contributed by atoms with van der Waals surface area (Å²) in [7, 11) is 0. The van der Waals surface area contributed by atoms with Crippen LogP contribution in [0, 0.1) is 0 Å². The fourth-order valence-electron chi connectivity index (χ4n) is 2.19. The van der Waals surface area contributed by atoms with Crippen molar-refractivity contribution in [2.24, 2.45) is 0 Å². The van der Waals surface area contributed by atoms with Gasteiger partial charge in [0.2, 0.25) is 0 Å². The predicted molar refractivity (Wildman–Crippen MR) is 57.4 cm³/mol. The van der Waals surface area contributed by atoms with Crippen LogP contribution in [0.2, 0.25) is 0 Å². The topological polar surface area (TPSA) is 38.7 Å². The SMILES string of the molecule is CC1(C)c2cccnc2-c2nccnc21. The van der Waals surface area contributed by atoms with Crippen molar-refractivity contribution in [3.05, 3.63) is 42.0 Å². The average molecular weight is 197 g/mol. The Kier molecular flexibility index (Phi) is 1.49. The van der Waals surface area contributed by atoms with Crippen molar-refractivity contribution in [1.29, 1.82) is 0 Å². The normalized spacial score (nSPS) is 15.9. The molecule has 0 unspecified atom stereocenters. The van der Waals surface area contributed by atoms with Gasteiger partial charge in [-0.05, 0) is 25.5 Å².